The third kappa shape index (κ3) is 6.00. The average molecular weight is 330 g/mol. The van der Waals surface area contributed by atoms with Gasteiger partial charge in [-0.15, -0.1) is 0 Å². The third-order valence-corrected chi connectivity index (χ3v) is 4.87. The molecule has 0 aliphatic rings. The van der Waals surface area contributed by atoms with Crippen molar-refractivity contribution in [2.24, 2.45) is 0 Å². The van der Waals surface area contributed by atoms with Crippen LogP contribution in [0, 0.1) is 6.92 Å². The van der Waals surface area contributed by atoms with Gasteiger partial charge in [-0.05, 0) is 43.9 Å². The highest BCUT2D eigenvalue weighted by atomic mass is 32.2. The second-order valence-corrected chi connectivity index (χ2v) is 7.13. The molecule has 0 unspecified atom stereocenters. The minimum absolute atomic E-state index is 0.291. The summed E-state index contributed by atoms with van der Waals surface area (Å²) in [5.41, 5.74) is 1.98. The van der Waals surface area contributed by atoms with Crippen molar-refractivity contribution in [3.8, 4) is 0 Å². The number of nitrogens with one attached hydrogen (secondary N) is 1. The molecule has 0 aromatic heterocycles. The van der Waals surface area contributed by atoms with Crippen molar-refractivity contribution >= 4 is 10.0 Å². The number of hydrogen-bond acceptors (Lipinski definition) is 2. The molecule has 0 fully saturated rings. The van der Waals surface area contributed by atoms with Gasteiger partial charge in [0, 0.05) is 7.92 Å². The summed E-state index contributed by atoms with van der Waals surface area (Å²) in [6, 6.07) is 16.4. The molecule has 4 heteroatoms. The van der Waals surface area contributed by atoms with Gasteiger partial charge in [0.15, 0.2) is 0 Å². The van der Waals surface area contributed by atoms with Crippen molar-refractivity contribution in [3.63, 3.8) is 0 Å². The van der Waals surface area contributed by atoms with E-state index in [1.807, 2.05) is 49.4 Å². The third-order valence-electron chi connectivity index (χ3n) is 3.40. The Bertz CT molecular complexity index is 756. The monoisotopic (exact) mass is 330 g/mol. The Kier molecular flexibility index (Phi) is 6.01. The number of aryl methyl sites for hydroxylation is 1. The normalized spacial score (nSPS) is 13.9. The van der Waals surface area contributed by atoms with Crippen LogP contribution in [0.4, 0.5) is 0 Å². The van der Waals surface area contributed by atoms with Crippen LogP contribution in [0.25, 0.3) is 0 Å². The molecule has 0 aliphatic heterocycles. The summed E-state index contributed by atoms with van der Waals surface area (Å²) >= 11 is 0. The van der Waals surface area contributed by atoms with Crippen LogP contribution in [0.2, 0.25) is 0 Å². The van der Waals surface area contributed by atoms with Crippen LogP contribution in [0.15, 0.2) is 71.6 Å². The largest absolute Gasteiger partial charge is 0.240 e. The average Bonchev–Trinajstić information content (AvgIpc) is 2.59. The molecule has 1 N–H and O–H groups in total. The molecule has 0 aliphatic carbocycles. The van der Waals surface area contributed by atoms with E-state index in [2.05, 4.69) is 4.72 Å². The number of unbranched alkanes of at least 4 members (excludes halogenated alkanes) is 1. The van der Waals surface area contributed by atoms with Crippen LogP contribution < -0.4 is 4.72 Å². The van der Waals surface area contributed by atoms with Gasteiger partial charge in [0.1, 0.15) is 0 Å². The molecule has 1 atom stereocenters. The lowest BCUT2D eigenvalue weighted by Gasteiger charge is -2.06. The Balaban J connectivity index is 1.74. The van der Waals surface area contributed by atoms with E-state index in [0.717, 1.165) is 17.5 Å². The maximum absolute atomic E-state index is 12.1. The Morgan fingerprint density at radius 1 is 1.04 bits per heavy atom. The summed E-state index contributed by atoms with van der Waals surface area (Å²) in [5, 5.41) is 0. The van der Waals surface area contributed by atoms with Crippen LogP contribution in [-0.2, 0) is 16.4 Å². The number of hydrogen-bond donors (Lipinski definition) is 1. The number of benzene rings is 2. The molecule has 0 amide bonds. The van der Waals surface area contributed by atoms with E-state index in [0.29, 0.717) is 17.9 Å². The van der Waals surface area contributed by atoms with Crippen molar-refractivity contribution in [3.05, 3.63) is 77.9 Å². The highest BCUT2D eigenvalue weighted by Crippen LogP contribution is 2.09. The molecular weight excluding hydrogens is 306 g/mol. The molecule has 23 heavy (non-hydrogen) atoms. The van der Waals surface area contributed by atoms with Crippen LogP contribution in [0.1, 0.15) is 25.3 Å². The van der Waals surface area contributed by atoms with Gasteiger partial charge in [0.05, 0.1) is 4.90 Å². The summed E-state index contributed by atoms with van der Waals surface area (Å²) in [6.07, 6.45) is 4.83. The van der Waals surface area contributed by atoms with Crippen LogP contribution in [0.3, 0.4) is 0 Å². The Hall–Kier alpha value is -1.91. The van der Waals surface area contributed by atoms with Crippen LogP contribution in [0.5, 0.6) is 0 Å². The van der Waals surface area contributed by atoms with E-state index in [1.54, 1.807) is 24.3 Å². The molecule has 0 spiro atoms. The van der Waals surface area contributed by atoms with Crippen LogP contribution in [-0.4, -0.2) is 15.0 Å². The predicted molar refractivity (Wildman–Crippen MR) is 94.9 cm³/mol. The Morgan fingerprint density at radius 3 is 2.43 bits per heavy atom. The maximum Gasteiger partial charge on any atom is 0.240 e. The van der Waals surface area contributed by atoms with Crippen molar-refractivity contribution < 1.29 is 9.79 Å². The van der Waals surface area contributed by atoms with Gasteiger partial charge in [-0.3, -0.25) is 0 Å². The smallest absolute Gasteiger partial charge is 0.211 e. The summed E-state index contributed by atoms with van der Waals surface area (Å²) in [6.45, 7) is 2.31. The molecule has 2 aromatic carbocycles. The first kappa shape index (κ1) is 16.0. The maximum atomic E-state index is 12.1. The molecule has 122 valence electrons. The summed E-state index contributed by atoms with van der Waals surface area (Å²) < 4.78 is 34.9. The van der Waals surface area contributed by atoms with Crippen molar-refractivity contribution in [1.29, 1.82) is 0 Å². The standard InChI is InChI=1S/C19H23NO2S/c1-17-12-14-19(15-13-17)23(21,22)20-16-8-3-2-5-9-18-10-6-4-7-11-18/h2,4-7,10-15,20H,3,8-9,16H2,1H3/b5-2-/i9D/t9-/m1/s1. The first-order chi connectivity index (χ1) is 11.5. The molecule has 3 nitrogen and oxygen atoms in total. The Morgan fingerprint density at radius 2 is 1.74 bits per heavy atom. The van der Waals surface area contributed by atoms with E-state index in [1.165, 1.54) is 0 Å². The fraction of sp³-hybridized carbons (Fsp3) is 0.263. The number of rotatable bonds is 8. The fourth-order valence-corrected chi connectivity index (χ4v) is 3.14. The lowest BCUT2D eigenvalue weighted by Crippen LogP contribution is -2.24. The Labute approximate surface area is 140 Å². The fourth-order valence-electron chi connectivity index (χ4n) is 2.07. The van der Waals surface area contributed by atoms with Gasteiger partial charge in [-0.25, -0.2) is 13.1 Å². The molecule has 0 bridgehead atoms. The molecule has 2 rings (SSSR count). The van der Waals surface area contributed by atoms with E-state index < -0.39 is 10.0 Å². The van der Waals surface area contributed by atoms with Gasteiger partial charge >= 0.3 is 0 Å². The minimum atomic E-state index is -3.43. The molecule has 0 heterocycles. The van der Waals surface area contributed by atoms with Gasteiger partial charge in [0.25, 0.3) is 0 Å². The van der Waals surface area contributed by atoms with E-state index >= 15 is 0 Å². The SMILES string of the molecule is [2H][C@H](/C=C\CCCNS(=O)(=O)c1ccc(C)cc1)c1ccccc1. The quantitative estimate of drug-likeness (QED) is 0.590. The summed E-state index contributed by atoms with van der Waals surface area (Å²) in [5.74, 6) is 0. The topological polar surface area (TPSA) is 46.2 Å². The zero-order valence-corrected chi connectivity index (χ0v) is 14.1. The summed E-state index contributed by atoms with van der Waals surface area (Å²) in [4.78, 5) is 0.291. The van der Waals surface area contributed by atoms with Gasteiger partial charge in [-0.2, -0.15) is 0 Å². The van der Waals surface area contributed by atoms with Crippen molar-refractivity contribution in [1.82, 2.24) is 4.72 Å². The van der Waals surface area contributed by atoms with E-state index in [-0.39, 0.29) is 6.40 Å². The minimum Gasteiger partial charge on any atom is -0.211 e. The molecule has 0 saturated heterocycles. The summed E-state index contributed by atoms with van der Waals surface area (Å²) in [7, 11) is -3.43. The van der Waals surface area contributed by atoms with E-state index in [9.17, 15) is 8.42 Å². The first-order valence-electron chi connectivity index (χ1n) is 8.27. The number of allylic oxidation sites excluding steroid dienone is 2. The zero-order valence-electron chi connectivity index (χ0n) is 14.3. The number of sulfonamides is 1. The molecule has 2 aromatic rings. The van der Waals surface area contributed by atoms with Gasteiger partial charge in [-0.1, -0.05) is 60.2 Å². The zero-order chi connectivity index (χ0) is 17.4. The van der Waals surface area contributed by atoms with Crippen molar-refractivity contribution in [2.45, 2.75) is 31.1 Å². The molecular formula is C19H23NO2S. The first-order valence-corrected chi connectivity index (χ1v) is 9.17. The second-order valence-electron chi connectivity index (χ2n) is 5.36. The van der Waals surface area contributed by atoms with Gasteiger partial charge < -0.3 is 0 Å². The highest BCUT2D eigenvalue weighted by Gasteiger charge is 2.11. The van der Waals surface area contributed by atoms with E-state index in [4.69, 9.17) is 1.37 Å². The predicted octanol–water partition coefficient (Wildman–Crippen LogP) is 3.85. The van der Waals surface area contributed by atoms with Crippen LogP contribution >= 0.6 is 0 Å². The van der Waals surface area contributed by atoms with Crippen molar-refractivity contribution in [2.75, 3.05) is 6.54 Å². The second kappa shape index (κ2) is 8.65. The lowest BCUT2D eigenvalue weighted by atomic mass is 10.1. The highest BCUT2D eigenvalue weighted by molar-refractivity contribution is 7.89. The lowest BCUT2D eigenvalue weighted by molar-refractivity contribution is 0.579. The van der Waals surface area contributed by atoms with Gasteiger partial charge in [0.2, 0.25) is 10.0 Å². The molecule has 0 saturated carbocycles. The molecule has 0 radical (unpaired) electrons.